The topological polar surface area (TPSA) is 35.6 Å². The molecule has 0 amide bonds. The monoisotopic (exact) mass is 680 g/mol. The quantitative estimate of drug-likeness (QED) is 0.182. The molecular formula is C47H28N4S. The van der Waals surface area contributed by atoms with Gasteiger partial charge in [0.2, 0.25) is 0 Å². The van der Waals surface area contributed by atoms with Crippen molar-refractivity contribution in [2.75, 3.05) is 0 Å². The van der Waals surface area contributed by atoms with Gasteiger partial charge in [0.15, 0.2) is 0 Å². The summed E-state index contributed by atoms with van der Waals surface area (Å²) < 4.78 is 4.90. The zero-order valence-corrected chi connectivity index (χ0v) is 28.7. The van der Waals surface area contributed by atoms with Crippen molar-refractivity contribution >= 4 is 55.4 Å². The van der Waals surface area contributed by atoms with Gasteiger partial charge in [-0.3, -0.25) is 9.97 Å². The van der Waals surface area contributed by atoms with E-state index in [1.807, 2.05) is 24.2 Å². The summed E-state index contributed by atoms with van der Waals surface area (Å²) in [6.07, 6.45) is 3.81. The van der Waals surface area contributed by atoms with Gasteiger partial charge in [0.05, 0.1) is 44.6 Å². The first-order chi connectivity index (χ1) is 25.8. The fourth-order valence-corrected chi connectivity index (χ4v) is 10.6. The summed E-state index contributed by atoms with van der Waals surface area (Å²) >= 11 is 1.87. The second kappa shape index (κ2) is 10.3. The number of para-hydroxylation sites is 4. The third-order valence-corrected chi connectivity index (χ3v) is 12.4. The van der Waals surface area contributed by atoms with Crippen LogP contribution in [0.2, 0.25) is 0 Å². The lowest BCUT2D eigenvalue weighted by atomic mass is 9.67. The number of fused-ring (bicyclic) bond motifs is 15. The van der Waals surface area contributed by atoms with Crippen LogP contribution >= 0.6 is 11.8 Å². The highest BCUT2D eigenvalue weighted by Crippen LogP contribution is 2.63. The van der Waals surface area contributed by atoms with Crippen LogP contribution in [0.25, 0.3) is 66.4 Å². The van der Waals surface area contributed by atoms with Crippen LogP contribution in [-0.4, -0.2) is 19.1 Å². The lowest BCUT2D eigenvalue weighted by molar-refractivity contribution is 0.712. The highest BCUT2D eigenvalue weighted by Gasteiger charge is 2.53. The van der Waals surface area contributed by atoms with Crippen LogP contribution in [-0.2, 0) is 5.41 Å². The minimum absolute atomic E-state index is 0.647. The van der Waals surface area contributed by atoms with Gasteiger partial charge in [-0.1, -0.05) is 109 Å². The molecule has 6 aromatic carbocycles. The van der Waals surface area contributed by atoms with Gasteiger partial charge in [-0.05, 0) is 77.4 Å². The molecule has 0 unspecified atom stereocenters. The van der Waals surface area contributed by atoms with Crippen molar-refractivity contribution in [3.63, 3.8) is 0 Å². The minimum Gasteiger partial charge on any atom is -0.309 e. The number of aromatic nitrogens is 4. The summed E-state index contributed by atoms with van der Waals surface area (Å²) in [5.74, 6) is 0. The van der Waals surface area contributed by atoms with Crippen LogP contribution in [0.1, 0.15) is 22.3 Å². The smallest absolute Gasteiger partial charge is 0.0937 e. The molecule has 1 aliphatic carbocycles. The van der Waals surface area contributed by atoms with Crippen molar-refractivity contribution < 1.29 is 0 Å². The van der Waals surface area contributed by atoms with Crippen molar-refractivity contribution in [3.8, 4) is 22.8 Å². The van der Waals surface area contributed by atoms with Crippen molar-refractivity contribution in [2.45, 2.75) is 15.2 Å². The Labute approximate surface area is 303 Å². The minimum atomic E-state index is -0.647. The molecule has 1 spiro atoms. The molecular weight excluding hydrogens is 653 g/mol. The van der Waals surface area contributed by atoms with E-state index in [0.29, 0.717) is 0 Å². The molecule has 0 bridgehead atoms. The van der Waals surface area contributed by atoms with Gasteiger partial charge in [-0.2, -0.15) is 0 Å². The third-order valence-electron chi connectivity index (χ3n) is 11.3. The average Bonchev–Trinajstić information content (AvgIpc) is 3.82. The molecule has 0 atom stereocenters. The molecule has 5 heterocycles. The molecule has 1 aliphatic heterocycles. The van der Waals surface area contributed by atoms with Crippen LogP contribution in [0.3, 0.4) is 0 Å². The van der Waals surface area contributed by atoms with E-state index in [0.717, 1.165) is 17.1 Å². The van der Waals surface area contributed by atoms with E-state index in [-0.39, 0.29) is 0 Å². The molecule has 0 radical (unpaired) electrons. The van der Waals surface area contributed by atoms with E-state index >= 15 is 0 Å². The van der Waals surface area contributed by atoms with E-state index in [1.54, 1.807) is 0 Å². The predicted octanol–water partition coefficient (Wildman–Crippen LogP) is 11.5. The molecule has 2 aliphatic rings. The van der Waals surface area contributed by atoms with Crippen LogP contribution in [0.5, 0.6) is 0 Å². The Hall–Kier alpha value is -6.43. The maximum atomic E-state index is 5.03. The standard InChI is InChI=1S/C47H28N4S/c1-5-18-37-30(12-1)31-13-2-6-19-38(31)50(37)29-24-25-34-43(28-29)52-42-23-9-22-41(51-39-20-7-3-14-32(39)33-15-4-8-21-40(33)51)44(42)47(34)35-16-10-26-48-45(35)46-36(47)17-11-27-49-46/h1-28H. The lowest BCUT2D eigenvalue weighted by Gasteiger charge is -2.41. The van der Waals surface area contributed by atoms with E-state index in [4.69, 9.17) is 9.97 Å². The molecule has 0 saturated heterocycles. The number of rotatable bonds is 2. The van der Waals surface area contributed by atoms with Gasteiger partial charge >= 0.3 is 0 Å². The largest absolute Gasteiger partial charge is 0.309 e. The van der Waals surface area contributed by atoms with E-state index in [1.165, 1.54) is 81.3 Å². The molecule has 4 aromatic heterocycles. The van der Waals surface area contributed by atoms with Crippen LogP contribution in [0.4, 0.5) is 0 Å². The molecule has 5 heteroatoms. The number of hydrogen-bond donors (Lipinski definition) is 0. The molecule has 0 saturated carbocycles. The van der Waals surface area contributed by atoms with Gasteiger partial charge in [0.1, 0.15) is 0 Å². The zero-order chi connectivity index (χ0) is 34.0. The number of hydrogen-bond acceptors (Lipinski definition) is 3. The van der Waals surface area contributed by atoms with Gasteiger partial charge in [0.25, 0.3) is 0 Å². The third kappa shape index (κ3) is 3.48. The first kappa shape index (κ1) is 28.3. The molecule has 242 valence electrons. The predicted molar refractivity (Wildman–Crippen MR) is 212 cm³/mol. The van der Waals surface area contributed by atoms with E-state index in [2.05, 4.69) is 167 Å². The lowest BCUT2D eigenvalue weighted by Crippen LogP contribution is -2.33. The molecule has 52 heavy (non-hydrogen) atoms. The maximum Gasteiger partial charge on any atom is 0.0937 e. The first-order valence-corrected chi connectivity index (χ1v) is 18.5. The second-order valence-electron chi connectivity index (χ2n) is 13.7. The van der Waals surface area contributed by atoms with Crippen LogP contribution in [0, 0.1) is 0 Å². The Morgan fingerprint density at radius 1 is 0.423 bits per heavy atom. The van der Waals surface area contributed by atoms with Crippen molar-refractivity contribution in [1.82, 2.24) is 19.1 Å². The van der Waals surface area contributed by atoms with Gasteiger partial charge in [-0.15, -0.1) is 0 Å². The van der Waals surface area contributed by atoms with Gasteiger partial charge in [-0.25, -0.2) is 0 Å². The summed E-state index contributed by atoms with van der Waals surface area (Å²) in [4.78, 5) is 12.5. The zero-order valence-electron chi connectivity index (χ0n) is 27.9. The Balaban J connectivity index is 1.21. The second-order valence-corrected chi connectivity index (χ2v) is 14.8. The highest BCUT2D eigenvalue weighted by molar-refractivity contribution is 7.99. The average molecular weight is 681 g/mol. The van der Waals surface area contributed by atoms with E-state index < -0.39 is 5.41 Å². The van der Waals surface area contributed by atoms with Crippen molar-refractivity contribution in [2.24, 2.45) is 0 Å². The summed E-state index contributed by atoms with van der Waals surface area (Å²) in [7, 11) is 0. The van der Waals surface area contributed by atoms with Gasteiger partial charge < -0.3 is 9.13 Å². The normalized spacial score (nSPS) is 13.8. The highest BCUT2D eigenvalue weighted by atomic mass is 32.2. The number of pyridine rings is 2. The number of benzene rings is 6. The number of nitrogens with zero attached hydrogens (tertiary/aromatic N) is 4. The van der Waals surface area contributed by atoms with Crippen molar-refractivity contribution in [1.29, 1.82) is 0 Å². The Morgan fingerprint density at radius 2 is 0.942 bits per heavy atom. The van der Waals surface area contributed by atoms with Gasteiger partial charge in [0, 0.05) is 55.0 Å². The fraction of sp³-hybridized carbons (Fsp3) is 0.0213. The fourth-order valence-electron chi connectivity index (χ4n) is 9.35. The Morgan fingerprint density at radius 3 is 1.50 bits per heavy atom. The SMILES string of the molecule is c1cc2c(c(-n3c4ccccc4c4ccccc43)c1)C1(c3ccc(-n4c5ccccc5c5ccccc54)cc3S2)c2cccnc2-c2ncccc21. The Kier molecular flexibility index (Phi) is 5.61. The van der Waals surface area contributed by atoms with Crippen molar-refractivity contribution in [3.05, 3.63) is 192 Å². The molecule has 12 rings (SSSR count). The first-order valence-electron chi connectivity index (χ1n) is 17.7. The molecule has 4 nitrogen and oxygen atoms in total. The summed E-state index contributed by atoms with van der Waals surface area (Å²) in [6, 6.07) is 57.7. The van der Waals surface area contributed by atoms with E-state index in [9.17, 15) is 0 Å². The molecule has 0 N–H and O–H groups in total. The Bertz CT molecular complexity index is 2980. The molecule has 0 fully saturated rings. The summed E-state index contributed by atoms with van der Waals surface area (Å²) in [5, 5.41) is 5.02. The van der Waals surface area contributed by atoms with Crippen LogP contribution in [0.15, 0.2) is 180 Å². The summed E-state index contributed by atoms with van der Waals surface area (Å²) in [5.41, 5.74) is 13.2. The maximum absolute atomic E-state index is 5.03. The van der Waals surface area contributed by atoms with Crippen LogP contribution < -0.4 is 0 Å². The summed E-state index contributed by atoms with van der Waals surface area (Å²) in [6.45, 7) is 0. The molecule has 10 aromatic rings.